The maximum absolute atomic E-state index is 12.8. The summed E-state index contributed by atoms with van der Waals surface area (Å²) in [4.78, 5) is 25.8. The van der Waals surface area contributed by atoms with Gasteiger partial charge in [0.2, 0.25) is 0 Å². The highest BCUT2D eigenvalue weighted by molar-refractivity contribution is 6.32. The highest BCUT2D eigenvalue weighted by atomic mass is 35.5. The number of nitrogens with zero attached hydrogens (tertiary/aromatic N) is 1. The Labute approximate surface area is 146 Å². The Balaban J connectivity index is 2.29. The van der Waals surface area contributed by atoms with E-state index in [1.807, 2.05) is 6.92 Å². The molecule has 1 aliphatic rings. The number of carbonyl (C=O) groups is 2. The van der Waals surface area contributed by atoms with Crippen molar-refractivity contribution in [2.24, 2.45) is 5.41 Å². The standard InChI is InChI=1S/C17H22ClNO5/c1-4-24-14-12(18)8-11(9-13(14)23-3)15(20)19-7-5-6-17(2,10-19)16(21)22/h8-9H,4-7,10H2,1-3H3,(H,21,22). The Morgan fingerprint density at radius 3 is 2.71 bits per heavy atom. The van der Waals surface area contributed by atoms with Crippen LogP contribution in [0.5, 0.6) is 11.5 Å². The molecule has 2 rings (SSSR count). The Kier molecular flexibility index (Phi) is 5.59. The average molecular weight is 356 g/mol. The van der Waals surface area contributed by atoms with Crippen LogP contribution in [-0.4, -0.2) is 48.7 Å². The molecule has 0 saturated carbocycles. The summed E-state index contributed by atoms with van der Waals surface area (Å²) in [6.45, 7) is 4.62. The third-order valence-electron chi connectivity index (χ3n) is 4.27. The van der Waals surface area contributed by atoms with Crippen molar-refractivity contribution in [3.8, 4) is 11.5 Å². The minimum Gasteiger partial charge on any atom is -0.493 e. The Morgan fingerprint density at radius 1 is 1.42 bits per heavy atom. The van der Waals surface area contributed by atoms with Gasteiger partial charge < -0.3 is 19.5 Å². The lowest BCUT2D eigenvalue weighted by Gasteiger charge is -2.37. The van der Waals surface area contributed by atoms with E-state index in [9.17, 15) is 14.7 Å². The third kappa shape index (κ3) is 3.59. The number of benzene rings is 1. The Hall–Kier alpha value is -1.95. The SMILES string of the molecule is CCOc1c(Cl)cc(C(=O)N2CCCC(C)(C(=O)O)C2)cc1OC. The van der Waals surface area contributed by atoms with Crippen molar-refractivity contribution in [1.29, 1.82) is 0 Å². The molecule has 0 radical (unpaired) electrons. The number of carbonyl (C=O) groups excluding carboxylic acids is 1. The van der Waals surface area contributed by atoms with Crippen LogP contribution in [0, 0.1) is 5.41 Å². The van der Waals surface area contributed by atoms with Crippen LogP contribution in [0.15, 0.2) is 12.1 Å². The maximum Gasteiger partial charge on any atom is 0.311 e. The van der Waals surface area contributed by atoms with E-state index in [-0.39, 0.29) is 17.5 Å². The van der Waals surface area contributed by atoms with Gasteiger partial charge in [-0.1, -0.05) is 11.6 Å². The molecule has 1 saturated heterocycles. The molecule has 1 atom stereocenters. The van der Waals surface area contributed by atoms with Crippen molar-refractivity contribution in [2.75, 3.05) is 26.8 Å². The van der Waals surface area contributed by atoms with Gasteiger partial charge in [-0.25, -0.2) is 0 Å². The summed E-state index contributed by atoms with van der Waals surface area (Å²) in [6, 6.07) is 3.11. The molecule has 1 amide bonds. The topological polar surface area (TPSA) is 76.1 Å². The summed E-state index contributed by atoms with van der Waals surface area (Å²) in [7, 11) is 1.48. The van der Waals surface area contributed by atoms with Crippen LogP contribution in [0.1, 0.15) is 37.0 Å². The maximum atomic E-state index is 12.8. The van der Waals surface area contributed by atoms with Gasteiger partial charge in [0.1, 0.15) is 0 Å². The second kappa shape index (κ2) is 7.30. The molecule has 0 spiro atoms. The molecule has 1 fully saturated rings. The number of ether oxygens (including phenoxy) is 2. The fourth-order valence-corrected chi connectivity index (χ4v) is 3.16. The van der Waals surface area contributed by atoms with E-state index in [2.05, 4.69) is 0 Å². The molecule has 1 aromatic rings. The molecule has 6 nitrogen and oxygen atoms in total. The van der Waals surface area contributed by atoms with Gasteiger partial charge in [-0.15, -0.1) is 0 Å². The summed E-state index contributed by atoms with van der Waals surface area (Å²) >= 11 is 6.21. The number of likely N-dealkylation sites (tertiary alicyclic amines) is 1. The minimum absolute atomic E-state index is 0.175. The first kappa shape index (κ1) is 18.4. The molecule has 24 heavy (non-hydrogen) atoms. The van der Waals surface area contributed by atoms with Gasteiger partial charge >= 0.3 is 5.97 Å². The number of methoxy groups -OCH3 is 1. The Bertz CT molecular complexity index is 648. The number of halogens is 1. The van der Waals surface area contributed by atoms with Crippen LogP contribution in [0.2, 0.25) is 5.02 Å². The van der Waals surface area contributed by atoms with Crippen LogP contribution in [0.25, 0.3) is 0 Å². The van der Waals surface area contributed by atoms with Crippen molar-refractivity contribution >= 4 is 23.5 Å². The van der Waals surface area contributed by atoms with E-state index < -0.39 is 11.4 Å². The van der Waals surface area contributed by atoms with E-state index in [0.717, 1.165) is 0 Å². The number of aliphatic carboxylic acids is 1. The third-order valence-corrected chi connectivity index (χ3v) is 4.55. The van der Waals surface area contributed by atoms with Crippen LogP contribution in [-0.2, 0) is 4.79 Å². The van der Waals surface area contributed by atoms with Crippen LogP contribution < -0.4 is 9.47 Å². The quantitative estimate of drug-likeness (QED) is 0.878. The molecule has 7 heteroatoms. The number of hydrogen-bond donors (Lipinski definition) is 1. The summed E-state index contributed by atoms with van der Waals surface area (Å²) in [6.07, 6.45) is 1.20. The number of carboxylic acid groups (broad SMARTS) is 1. The molecule has 0 aliphatic carbocycles. The largest absolute Gasteiger partial charge is 0.493 e. The van der Waals surface area contributed by atoms with Gasteiger partial charge in [0, 0.05) is 18.7 Å². The normalized spacial score (nSPS) is 20.6. The van der Waals surface area contributed by atoms with Crippen molar-refractivity contribution in [1.82, 2.24) is 4.90 Å². The zero-order valence-corrected chi connectivity index (χ0v) is 14.9. The first-order valence-electron chi connectivity index (χ1n) is 7.85. The number of hydrogen-bond acceptors (Lipinski definition) is 4. The number of piperidine rings is 1. The van der Waals surface area contributed by atoms with Gasteiger partial charge in [0.15, 0.2) is 11.5 Å². The van der Waals surface area contributed by atoms with Crippen molar-refractivity contribution < 1.29 is 24.2 Å². The predicted molar refractivity (Wildman–Crippen MR) is 90.1 cm³/mol. The van der Waals surface area contributed by atoms with Crippen LogP contribution in [0.3, 0.4) is 0 Å². The van der Waals surface area contributed by atoms with Crippen molar-refractivity contribution in [2.45, 2.75) is 26.7 Å². The first-order valence-corrected chi connectivity index (χ1v) is 8.23. The van der Waals surface area contributed by atoms with E-state index in [1.165, 1.54) is 13.2 Å². The number of amides is 1. The van der Waals surface area contributed by atoms with Gasteiger partial charge in [-0.05, 0) is 38.8 Å². The fraction of sp³-hybridized carbons (Fsp3) is 0.529. The molecule has 0 aromatic heterocycles. The smallest absolute Gasteiger partial charge is 0.311 e. The minimum atomic E-state index is -0.924. The van der Waals surface area contributed by atoms with Crippen molar-refractivity contribution in [3.05, 3.63) is 22.7 Å². The van der Waals surface area contributed by atoms with E-state index >= 15 is 0 Å². The molecule has 1 N–H and O–H groups in total. The number of rotatable bonds is 5. The molecular weight excluding hydrogens is 334 g/mol. The summed E-state index contributed by atoms with van der Waals surface area (Å²) < 4.78 is 10.7. The summed E-state index contributed by atoms with van der Waals surface area (Å²) in [5.41, 5.74) is -0.567. The fourth-order valence-electron chi connectivity index (χ4n) is 2.90. The van der Waals surface area contributed by atoms with Crippen LogP contribution in [0.4, 0.5) is 0 Å². The van der Waals surface area contributed by atoms with Gasteiger partial charge in [0.05, 0.1) is 24.2 Å². The number of carboxylic acids is 1. The zero-order valence-electron chi connectivity index (χ0n) is 14.1. The van der Waals surface area contributed by atoms with Gasteiger partial charge in [0.25, 0.3) is 5.91 Å². The molecular formula is C17H22ClNO5. The van der Waals surface area contributed by atoms with E-state index in [0.29, 0.717) is 43.1 Å². The molecule has 1 heterocycles. The molecule has 1 aliphatic heterocycles. The van der Waals surface area contributed by atoms with Crippen LogP contribution >= 0.6 is 11.6 Å². The lowest BCUT2D eigenvalue weighted by molar-refractivity contribution is -0.150. The van der Waals surface area contributed by atoms with Crippen molar-refractivity contribution in [3.63, 3.8) is 0 Å². The average Bonchev–Trinajstić information content (AvgIpc) is 2.55. The molecule has 0 bridgehead atoms. The van der Waals surface area contributed by atoms with Gasteiger partial charge in [-0.3, -0.25) is 9.59 Å². The molecule has 1 unspecified atom stereocenters. The highest BCUT2D eigenvalue weighted by Crippen LogP contribution is 2.37. The molecule has 132 valence electrons. The van der Waals surface area contributed by atoms with E-state index in [1.54, 1.807) is 17.9 Å². The lowest BCUT2D eigenvalue weighted by atomic mass is 9.82. The predicted octanol–water partition coefficient (Wildman–Crippen LogP) is 3.07. The first-order chi connectivity index (χ1) is 11.3. The summed E-state index contributed by atoms with van der Waals surface area (Å²) in [5.74, 6) is -0.370. The lowest BCUT2D eigenvalue weighted by Crippen LogP contribution is -2.48. The highest BCUT2D eigenvalue weighted by Gasteiger charge is 2.39. The second-order valence-electron chi connectivity index (χ2n) is 6.12. The van der Waals surface area contributed by atoms with E-state index in [4.69, 9.17) is 21.1 Å². The second-order valence-corrected chi connectivity index (χ2v) is 6.53. The van der Waals surface area contributed by atoms with Gasteiger partial charge in [-0.2, -0.15) is 0 Å². The monoisotopic (exact) mass is 355 g/mol. The zero-order chi connectivity index (χ0) is 17.9. The Morgan fingerprint density at radius 2 is 2.12 bits per heavy atom. The summed E-state index contributed by atoms with van der Waals surface area (Å²) in [5, 5.41) is 9.68. The molecule has 1 aromatic carbocycles.